The van der Waals surface area contributed by atoms with Crippen molar-refractivity contribution in [2.75, 3.05) is 19.0 Å². The van der Waals surface area contributed by atoms with Gasteiger partial charge in [-0.05, 0) is 43.0 Å². The van der Waals surface area contributed by atoms with Gasteiger partial charge in [-0.2, -0.15) is 11.3 Å². The Labute approximate surface area is 139 Å². The van der Waals surface area contributed by atoms with Crippen molar-refractivity contribution < 1.29 is 19.1 Å². The number of methoxy groups -OCH3 is 1. The number of ether oxygens (including phenoxy) is 2. The minimum Gasteiger partial charge on any atom is -0.493 e. The molecule has 2 aromatic rings. The second kappa shape index (κ2) is 8.33. The van der Waals surface area contributed by atoms with E-state index >= 15 is 0 Å². The van der Waals surface area contributed by atoms with Gasteiger partial charge in [-0.1, -0.05) is 0 Å². The molecule has 0 spiro atoms. The molecule has 6 heteroatoms. The van der Waals surface area contributed by atoms with E-state index in [1.807, 2.05) is 16.8 Å². The summed E-state index contributed by atoms with van der Waals surface area (Å²) in [4.78, 5) is 23.1. The topological polar surface area (TPSA) is 64.6 Å². The first-order valence-corrected chi connectivity index (χ1v) is 8.18. The number of hydrogen-bond donors (Lipinski definition) is 1. The van der Waals surface area contributed by atoms with Crippen molar-refractivity contribution in [3.05, 3.63) is 40.6 Å². The van der Waals surface area contributed by atoms with E-state index in [2.05, 4.69) is 5.32 Å². The summed E-state index contributed by atoms with van der Waals surface area (Å²) in [5.74, 6) is 1.02. The van der Waals surface area contributed by atoms with Crippen LogP contribution in [0.4, 0.5) is 5.69 Å². The average molecular weight is 333 g/mol. The van der Waals surface area contributed by atoms with Gasteiger partial charge in [0.25, 0.3) is 0 Å². The third-order valence-electron chi connectivity index (χ3n) is 3.18. The van der Waals surface area contributed by atoms with Crippen LogP contribution in [0, 0.1) is 0 Å². The van der Waals surface area contributed by atoms with Gasteiger partial charge in [0.2, 0.25) is 5.91 Å². The normalized spacial score (nSPS) is 10.2. The number of Topliss-reactive ketones (excluding diaryl/α,β-unsaturated/α-hetero) is 1. The minimum absolute atomic E-state index is 0.0278. The summed E-state index contributed by atoms with van der Waals surface area (Å²) < 4.78 is 10.9. The summed E-state index contributed by atoms with van der Waals surface area (Å²) in [7, 11) is 1.53. The summed E-state index contributed by atoms with van der Waals surface area (Å²) >= 11 is 1.54. The van der Waals surface area contributed by atoms with Gasteiger partial charge < -0.3 is 14.8 Å². The molecule has 0 radical (unpaired) electrons. The summed E-state index contributed by atoms with van der Waals surface area (Å²) in [6.45, 7) is 1.90. The van der Waals surface area contributed by atoms with Gasteiger partial charge in [0, 0.05) is 17.4 Å². The Hall–Kier alpha value is -2.34. The molecule has 0 bridgehead atoms. The first-order valence-electron chi connectivity index (χ1n) is 7.24. The predicted molar refractivity (Wildman–Crippen MR) is 90.7 cm³/mol. The van der Waals surface area contributed by atoms with Crippen LogP contribution in [0.1, 0.15) is 30.1 Å². The molecule has 2 rings (SSSR count). The van der Waals surface area contributed by atoms with E-state index in [4.69, 9.17) is 9.47 Å². The third kappa shape index (κ3) is 5.10. The van der Waals surface area contributed by atoms with Gasteiger partial charge in [-0.25, -0.2) is 0 Å². The maximum Gasteiger partial charge on any atom is 0.224 e. The van der Waals surface area contributed by atoms with E-state index in [0.29, 0.717) is 36.5 Å². The van der Waals surface area contributed by atoms with Crippen molar-refractivity contribution in [2.24, 2.45) is 0 Å². The van der Waals surface area contributed by atoms with Crippen LogP contribution in [-0.2, 0) is 4.79 Å². The van der Waals surface area contributed by atoms with Gasteiger partial charge in [0.15, 0.2) is 17.3 Å². The highest BCUT2D eigenvalue weighted by Gasteiger charge is 2.09. The number of ketones is 1. The van der Waals surface area contributed by atoms with E-state index in [1.54, 1.807) is 18.2 Å². The van der Waals surface area contributed by atoms with Crippen molar-refractivity contribution in [3.8, 4) is 11.5 Å². The number of thiophene rings is 1. The van der Waals surface area contributed by atoms with Gasteiger partial charge >= 0.3 is 0 Å². The van der Waals surface area contributed by atoms with Crippen LogP contribution in [0.15, 0.2) is 35.0 Å². The molecule has 0 aliphatic carbocycles. The quantitative estimate of drug-likeness (QED) is 0.590. The molecule has 0 saturated heterocycles. The Kier molecular flexibility index (Phi) is 6.17. The number of carbonyl (C=O) groups excluding carboxylic acids is 2. The van der Waals surface area contributed by atoms with Crippen molar-refractivity contribution in [3.63, 3.8) is 0 Å². The zero-order valence-corrected chi connectivity index (χ0v) is 13.9. The van der Waals surface area contributed by atoms with Crippen LogP contribution in [-0.4, -0.2) is 25.4 Å². The Morgan fingerprint density at radius 2 is 2.04 bits per heavy atom. The predicted octanol–water partition coefficient (Wildman–Crippen LogP) is 3.76. The summed E-state index contributed by atoms with van der Waals surface area (Å²) in [6.07, 6.45) is 0.970. The SMILES string of the molecule is COc1cc(C(C)=O)ccc1OCCCC(=O)Nc1ccsc1. The van der Waals surface area contributed by atoms with E-state index in [9.17, 15) is 9.59 Å². The largest absolute Gasteiger partial charge is 0.493 e. The van der Waals surface area contributed by atoms with Gasteiger partial charge in [0.1, 0.15) is 0 Å². The maximum atomic E-state index is 11.7. The van der Waals surface area contributed by atoms with Crippen LogP contribution >= 0.6 is 11.3 Å². The molecule has 1 amide bonds. The third-order valence-corrected chi connectivity index (χ3v) is 3.86. The van der Waals surface area contributed by atoms with Crippen molar-refractivity contribution in [1.29, 1.82) is 0 Å². The molecule has 5 nitrogen and oxygen atoms in total. The molecule has 122 valence electrons. The zero-order chi connectivity index (χ0) is 16.7. The number of amides is 1. The van der Waals surface area contributed by atoms with Crippen LogP contribution in [0.3, 0.4) is 0 Å². The Balaban J connectivity index is 1.79. The molecular formula is C17H19NO4S. The number of benzene rings is 1. The van der Waals surface area contributed by atoms with Crippen LogP contribution in [0.5, 0.6) is 11.5 Å². The fourth-order valence-electron chi connectivity index (χ4n) is 1.98. The molecule has 1 N–H and O–H groups in total. The lowest BCUT2D eigenvalue weighted by atomic mass is 10.1. The summed E-state index contributed by atoms with van der Waals surface area (Å²) in [5.41, 5.74) is 1.40. The smallest absolute Gasteiger partial charge is 0.224 e. The van der Waals surface area contributed by atoms with Crippen LogP contribution in [0.2, 0.25) is 0 Å². The lowest BCUT2D eigenvalue weighted by molar-refractivity contribution is -0.116. The Bertz CT molecular complexity index is 667. The number of carbonyl (C=O) groups is 2. The first-order chi connectivity index (χ1) is 11.1. The molecule has 0 saturated carbocycles. The van der Waals surface area contributed by atoms with E-state index < -0.39 is 0 Å². The van der Waals surface area contributed by atoms with E-state index in [1.165, 1.54) is 25.4 Å². The highest BCUT2D eigenvalue weighted by atomic mass is 32.1. The fourth-order valence-corrected chi connectivity index (χ4v) is 2.57. The standard InChI is InChI=1S/C17H19NO4S/c1-12(19)13-5-6-15(16(10-13)21-2)22-8-3-4-17(20)18-14-7-9-23-11-14/h5-7,9-11H,3-4,8H2,1-2H3,(H,18,20). The van der Waals surface area contributed by atoms with Gasteiger partial charge in [-0.3, -0.25) is 9.59 Å². The lowest BCUT2D eigenvalue weighted by Crippen LogP contribution is -2.12. The summed E-state index contributed by atoms with van der Waals surface area (Å²) in [6, 6.07) is 6.92. The van der Waals surface area contributed by atoms with Gasteiger partial charge in [-0.15, -0.1) is 0 Å². The van der Waals surface area contributed by atoms with Crippen LogP contribution in [0.25, 0.3) is 0 Å². The summed E-state index contributed by atoms with van der Waals surface area (Å²) in [5, 5.41) is 6.61. The second-order valence-electron chi connectivity index (χ2n) is 4.93. The lowest BCUT2D eigenvalue weighted by Gasteiger charge is -2.11. The second-order valence-corrected chi connectivity index (χ2v) is 5.71. The molecule has 0 fully saturated rings. The number of nitrogens with one attached hydrogen (secondary N) is 1. The zero-order valence-electron chi connectivity index (χ0n) is 13.1. The molecule has 0 atom stereocenters. The van der Waals surface area contributed by atoms with Crippen molar-refractivity contribution >= 4 is 28.7 Å². The molecule has 1 aromatic carbocycles. The molecule has 0 aliphatic rings. The van der Waals surface area contributed by atoms with E-state index in [0.717, 1.165) is 5.69 Å². The number of hydrogen-bond acceptors (Lipinski definition) is 5. The fraction of sp³-hybridized carbons (Fsp3) is 0.294. The maximum absolute atomic E-state index is 11.7. The molecule has 23 heavy (non-hydrogen) atoms. The minimum atomic E-state index is -0.0362. The average Bonchev–Trinajstić information content (AvgIpc) is 3.04. The highest BCUT2D eigenvalue weighted by Crippen LogP contribution is 2.28. The number of anilines is 1. The monoisotopic (exact) mass is 333 g/mol. The molecule has 1 heterocycles. The Morgan fingerprint density at radius 1 is 1.22 bits per heavy atom. The molecule has 0 unspecified atom stereocenters. The first kappa shape index (κ1) is 17.0. The molecule has 1 aromatic heterocycles. The highest BCUT2D eigenvalue weighted by molar-refractivity contribution is 7.08. The van der Waals surface area contributed by atoms with E-state index in [-0.39, 0.29) is 11.7 Å². The Morgan fingerprint density at radius 3 is 2.70 bits per heavy atom. The molecular weight excluding hydrogens is 314 g/mol. The van der Waals surface area contributed by atoms with Gasteiger partial charge in [0.05, 0.1) is 19.4 Å². The molecule has 0 aliphatic heterocycles. The number of rotatable bonds is 8. The van der Waals surface area contributed by atoms with Crippen LogP contribution < -0.4 is 14.8 Å². The van der Waals surface area contributed by atoms with Crippen molar-refractivity contribution in [1.82, 2.24) is 0 Å². The van der Waals surface area contributed by atoms with Crippen molar-refractivity contribution in [2.45, 2.75) is 19.8 Å².